The minimum atomic E-state index is 0.509. The number of hydrogen-bond donors (Lipinski definition) is 1. The molecule has 1 N–H and O–H groups in total. The fraction of sp³-hybridized carbons (Fsp3) is 0.750. The molecule has 0 atom stereocenters. The summed E-state index contributed by atoms with van der Waals surface area (Å²) in [5, 5.41) is 8.11. The Morgan fingerprint density at radius 3 is 2.68 bits per heavy atom. The molecular weight excluding hydrogens is 252 g/mol. The molecule has 1 aromatic heterocycles. The van der Waals surface area contributed by atoms with Gasteiger partial charge in [0.25, 0.3) is 0 Å². The summed E-state index contributed by atoms with van der Waals surface area (Å²) in [6.07, 6.45) is 5.60. The topological polar surface area (TPSA) is 15.3 Å². The van der Waals surface area contributed by atoms with Crippen molar-refractivity contribution in [1.29, 1.82) is 0 Å². The van der Waals surface area contributed by atoms with Crippen molar-refractivity contribution < 1.29 is 0 Å². The molecule has 1 aliphatic carbocycles. The first-order valence-corrected chi connectivity index (χ1v) is 8.47. The van der Waals surface area contributed by atoms with E-state index in [0.29, 0.717) is 11.5 Å². The van der Waals surface area contributed by atoms with Crippen molar-refractivity contribution in [2.24, 2.45) is 5.41 Å². The molecule has 0 unspecified atom stereocenters. The van der Waals surface area contributed by atoms with Gasteiger partial charge in [0.1, 0.15) is 0 Å². The first kappa shape index (κ1) is 15.0. The second-order valence-electron chi connectivity index (χ2n) is 6.55. The van der Waals surface area contributed by atoms with Crippen LogP contribution in [0.3, 0.4) is 0 Å². The maximum absolute atomic E-state index is 3.67. The summed E-state index contributed by atoms with van der Waals surface area (Å²) < 4.78 is 0. The summed E-state index contributed by atoms with van der Waals surface area (Å²) in [6, 6.07) is 2.84. The summed E-state index contributed by atoms with van der Waals surface area (Å²) in [6.45, 7) is 7.99. The first-order chi connectivity index (χ1) is 9.10. The smallest absolute Gasteiger partial charge is 0.0239 e. The predicted molar refractivity (Wildman–Crippen MR) is 84.7 cm³/mol. The van der Waals surface area contributed by atoms with E-state index >= 15 is 0 Å². The van der Waals surface area contributed by atoms with Gasteiger partial charge in [-0.2, -0.15) is 11.3 Å². The van der Waals surface area contributed by atoms with Gasteiger partial charge in [0.2, 0.25) is 0 Å². The van der Waals surface area contributed by atoms with Crippen molar-refractivity contribution in [2.75, 3.05) is 20.1 Å². The molecule has 19 heavy (non-hydrogen) atoms. The Bertz CT molecular complexity index is 353. The highest BCUT2D eigenvalue weighted by atomic mass is 32.1. The molecule has 108 valence electrons. The maximum atomic E-state index is 3.67. The van der Waals surface area contributed by atoms with Crippen LogP contribution in [0.25, 0.3) is 0 Å². The summed E-state index contributed by atoms with van der Waals surface area (Å²) in [5.74, 6) is 0. The van der Waals surface area contributed by atoms with Gasteiger partial charge < -0.3 is 10.2 Å². The lowest BCUT2D eigenvalue weighted by atomic mass is 9.85. The Kier molecular flexibility index (Phi) is 5.43. The highest BCUT2D eigenvalue weighted by Gasteiger charge is 2.34. The number of hydrogen-bond acceptors (Lipinski definition) is 3. The van der Waals surface area contributed by atoms with Crippen LogP contribution in [0.2, 0.25) is 0 Å². The van der Waals surface area contributed by atoms with E-state index in [1.807, 2.05) is 0 Å². The van der Waals surface area contributed by atoms with E-state index in [1.54, 1.807) is 11.3 Å². The molecule has 0 spiro atoms. The molecule has 1 saturated carbocycles. The van der Waals surface area contributed by atoms with E-state index in [1.165, 1.54) is 44.3 Å². The van der Waals surface area contributed by atoms with Gasteiger partial charge in [0, 0.05) is 25.7 Å². The van der Waals surface area contributed by atoms with Crippen molar-refractivity contribution >= 4 is 11.3 Å². The van der Waals surface area contributed by atoms with E-state index in [4.69, 9.17) is 0 Å². The molecular formula is C16H28N2S. The van der Waals surface area contributed by atoms with Crippen LogP contribution in [-0.2, 0) is 6.54 Å². The number of thiophene rings is 1. The SMILES string of the molecule is CC(C)NCC1(CN(C)Cc2ccsc2)CCCC1. The van der Waals surface area contributed by atoms with Crippen LogP contribution in [0.15, 0.2) is 16.8 Å². The van der Waals surface area contributed by atoms with Crippen LogP contribution in [0.5, 0.6) is 0 Å². The lowest BCUT2D eigenvalue weighted by Crippen LogP contribution is -2.42. The van der Waals surface area contributed by atoms with E-state index in [9.17, 15) is 0 Å². The highest BCUT2D eigenvalue weighted by Crippen LogP contribution is 2.38. The molecule has 1 fully saturated rings. The third-order valence-electron chi connectivity index (χ3n) is 4.19. The molecule has 2 nitrogen and oxygen atoms in total. The molecule has 1 heterocycles. The monoisotopic (exact) mass is 280 g/mol. The zero-order chi connectivity index (χ0) is 13.7. The average molecular weight is 280 g/mol. The lowest BCUT2D eigenvalue weighted by Gasteiger charge is -2.34. The van der Waals surface area contributed by atoms with Gasteiger partial charge in [-0.1, -0.05) is 26.7 Å². The zero-order valence-corrected chi connectivity index (χ0v) is 13.4. The molecule has 0 saturated heterocycles. The van der Waals surface area contributed by atoms with E-state index in [0.717, 1.165) is 6.54 Å². The van der Waals surface area contributed by atoms with E-state index < -0.39 is 0 Å². The summed E-state index contributed by atoms with van der Waals surface area (Å²) in [4.78, 5) is 2.51. The Labute approximate surface area is 122 Å². The second kappa shape index (κ2) is 6.87. The second-order valence-corrected chi connectivity index (χ2v) is 7.33. The molecule has 3 heteroatoms. The molecule has 0 radical (unpaired) electrons. The maximum Gasteiger partial charge on any atom is 0.0239 e. The van der Waals surface area contributed by atoms with Gasteiger partial charge >= 0.3 is 0 Å². The van der Waals surface area contributed by atoms with Crippen LogP contribution in [-0.4, -0.2) is 31.1 Å². The van der Waals surface area contributed by atoms with E-state index in [-0.39, 0.29) is 0 Å². The predicted octanol–water partition coefficient (Wildman–Crippen LogP) is 3.74. The van der Waals surface area contributed by atoms with Crippen molar-refractivity contribution in [2.45, 2.75) is 52.1 Å². The number of nitrogens with zero attached hydrogens (tertiary/aromatic N) is 1. The van der Waals surface area contributed by atoms with Gasteiger partial charge in [-0.3, -0.25) is 0 Å². The summed E-state index contributed by atoms with van der Waals surface area (Å²) >= 11 is 1.80. The third kappa shape index (κ3) is 4.59. The molecule has 1 aromatic rings. The minimum absolute atomic E-state index is 0.509. The van der Waals surface area contributed by atoms with Gasteiger partial charge in [-0.25, -0.2) is 0 Å². The molecule has 1 aliphatic rings. The van der Waals surface area contributed by atoms with Crippen molar-refractivity contribution in [1.82, 2.24) is 10.2 Å². The van der Waals surface area contributed by atoms with Crippen LogP contribution >= 0.6 is 11.3 Å². The zero-order valence-electron chi connectivity index (χ0n) is 12.6. The first-order valence-electron chi connectivity index (χ1n) is 7.53. The van der Waals surface area contributed by atoms with Crippen LogP contribution in [0.4, 0.5) is 0 Å². The van der Waals surface area contributed by atoms with E-state index in [2.05, 4.69) is 47.9 Å². The molecule has 0 bridgehead atoms. The molecule has 0 aliphatic heterocycles. The van der Waals surface area contributed by atoms with Gasteiger partial charge in [-0.05, 0) is 47.7 Å². The fourth-order valence-corrected chi connectivity index (χ4v) is 3.92. The quantitative estimate of drug-likeness (QED) is 0.818. The van der Waals surface area contributed by atoms with Crippen molar-refractivity contribution in [3.8, 4) is 0 Å². The van der Waals surface area contributed by atoms with Gasteiger partial charge in [-0.15, -0.1) is 0 Å². The van der Waals surface area contributed by atoms with Gasteiger partial charge in [0.15, 0.2) is 0 Å². The summed E-state index contributed by atoms with van der Waals surface area (Å²) in [7, 11) is 2.27. The minimum Gasteiger partial charge on any atom is -0.314 e. The Morgan fingerprint density at radius 1 is 1.37 bits per heavy atom. The third-order valence-corrected chi connectivity index (χ3v) is 4.92. The molecule has 0 aromatic carbocycles. The fourth-order valence-electron chi connectivity index (χ4n) is 3.26. The van der Waals surface area contributed by atoms with Crippen LogP contribution in [0, 0.1) is 5.41 Å². The Hall–Kier alpha value is -0.380. The Morgan fingerprint density at radius 2 is 2.11 bits per heavy atom. The normalized spacial score (nSPS) is 18.6. The standard InChI is InChI=1S/C16H28N2S/c1-14(2)17-12-16(7-4-5-8-16)13-18(3)10-15-6-9-19-11-15/h6,9,11,14,17H,4-5,7-8,10,12-13H2,1-3H3. The highest BCUT2D eigenvalue weighted by molar-refractivity contribution is 7.07. The van der Waals surface area contributed by atoms with Crippen LogP contribution in [0.1, 0.15) is 45.1 Å². The van der Waals surface area contributed by atoms with Crippen molar-refractivity contribution in [3.05, 3.63) is 22.4 Å². The number of nitrogens with one attached hydrogen (secondary N) is 1. The van der Waals surface area contributed by atoms with Crippen LogP contribution < -0.4 is 5.32 Å². The largest absolute Gasteiger partial charge is 0.314 e. The lowest BCUT2D eigenvalue weighted by molar-refractivity contribution is 0.164. The van der Waals surface area contributed by atoms with Crippen molar-refractivity contribution in [3.63, 3.8) is 0 Å². The molecule has 0 amide bonds. The Balaban J connectivity index is 1.88. The van der Waals surface area contributed by atoms with Gasteiger partial charge in [0.05, 0.1) is 0 Å². The average Bonchev–Trinajstić information content (AvgIpc) is 2.99. The number of rotatable bonds is 7. The molecule has 2 rings (SSSR count). The summed E-state index contributed by atoms with van der Waals surface area (Å²) in [5.41, 5.74) is 1.96.